The van der Waals surface area contributed by atoms with Crippen LogP contribution in [0.1, 0.15) is 32.0 Å². The second-order valence-corrected chi connectivity index (χ2v) is 5.24. The Balaban J connectivity index is 0.00000200. The third-order valence-electron chi connectivity index (χ3n) is 3.65. The van der Waals surface area contributed by atoms with Crippen LogP contribution in [-0.4, -0.2) is 45.8 Å². The largest absolute Gasteiger partial charge is 0.353 e. The lowest BCUT2D eigenvalue weighted by molar-refractivity contribution is 0.445. The predicted molar refractivity (Wildman–Crippen MR) is 91.2 cm³/mol. The molecule has 1 fully saturated rings. The molecule has 0 bridgehead atoms. The molecule has 0 aliphatic heterocycles. The number of aryl methyl sites for hydroxylation is 1. The number of hydrogen-bond donors (Lipinski definition) is 1. The molecule has 0 radical (unpaired) electrons. The van der Waals surface area contributed by atoms with E-state index in [0.29, 0.717) is 12.6 Å². The number of halogens is 1. The highest BCUT2D eigenvalue weighted by atomic mass is 127. The lowest BCUT2D eigenvalue weighted by Crippen LogP contribution is -2.40. The maximum Gasteiger partial charge on any atom is 0.194 e. The smallest absolute Gasteiger partial charge is 0.194 e. The van der Waals surface area contributed by atoms with Gasteiger partial charge in [0.1, 0.15) is 12.2 Å². The molecule has 1 aromatic heterocycles. The van der Waals surface area contributed by atoms with Gasteiger partial charge in [-0.1, -0.05) is 13.3 Å². The van der Waals surface area contributed by atoms with Crippen molar-refractivity contribution in [1.29, 1.82) is 0 Å². The molecule has 1 heterocycles. The van der Waals surface area contributed by atoms with Crippen LogP contribution in [-0.2, 0) is 13.6 Å². The number of hydrogen-bond acceptors (Lipinski definition) is 3. The van der Waals surface area contributed by atoms with Crippen LogP contribution in [0.4, 0.5) is 0 Å². The SMILES string of the molecule is CCCC1CC1NC(=NC)N(C)Cc1ncnn1C.I. The maximum atomic E-state index is 4.35. The van der Waals surface area contributed by atoms with Crippen LogP contribution in [0.15, 0.2) is 11.3 Å². The molecule has 2 atom stereocenters. The van der Waals surface area contributed by atoms with Gasteiger partial charge in [-0.15, -0.1) is 24.0 Å². The normalized spacial score (nSPS) is 21.3. The minimum absolute atomic E-state index is 0. The van der Waals surface area contributed by atoms with E-state index < -0.39 is 0 Å². The summed E-state index contributed by atoms with van der Waals surface area (Å²) in [5.74, 6) is 2.70. The first-order valence-corrected chi connectivity index (χ1v) is 6.93. The zero-order valence-electron chi connectivity index (χ0n) is 12.7. The highest BCUT2D eigenvalue weighted by Gasteiger charge is 2.37. The van der Waals surface area contributed by atoms with Gasteiger partial charge < -0.3 is 10.2 Å². The third-order valence-corrected chi connectivity index (χ3v) is 3.65. The Morgan fingerprint density at radius 2 is 2.35 bits per heavy atom. The summed E-state index contributed by atoms with van der Waals surface area (Å²) in [6, 6.07) is 0.598. The maximum absolute atomic E-state index is 4.35. The van der Waals surface area contributed by atoms with E-state index in [1.165, 1.54) is 19.3 Å². The van der Waals surface area contributed by atoms with Crippen LogP contribution in [0.25, 0.3) is 0 Å². The Bertz CT molecular complexity index is 444. The van der Waals surface area contributed by atoms with Crippen molar-refractivity contribution in [2.24, 2.45) is 18.0 Å². The molecule has 2 rings (SSSR count). The first-order chi connectivity index (χ1) is 9.15. The Morgan fingerprint density at radius 1 is 1.60 bits per heavy atom. The number of aromatic nitrogens is 3. The highest BCUT2D eigenvalue weighted by molar-refractivity contribution is 14.0. The molecule has 1 aliphatic carbocycles. The van der Waals surface area contributed by atoms with Crippen molar-refractivity contribution in [1.82, 2.24) is 25.0 Å². The molecule has 1 aliphatic rings. The quantitative estimate of drug-likeness (QED) is 0.470. The van der Waals surface area contributed by atoms with Gasteiger partial charge in [0.25, 0.3) is 0 Å². The van der Waals surface area contributed by atoms with Gasteiger partial charge in [0.05, 0.1) is 6.54 Å². The van der Waals surface area contributed by atoms with E-state index in [1.807, 2.05) is 21.1 Å². The standard InChI is InChI=1S/C13H24N6.HI/c1-5-6-10-7-11(10)17-13(14-2)18(3)8-12-15-9-16-19(12)4;/h9-11H,5-8H2,1-4H3,(H,14,17);1H. The molecular weight excluding hydrogens is 367 g/mol. The molecule has 0 amide bonds. The second kappa shape index (κ2) is 7.80. The highest BCUT2D eigenvalue weighted by Crippen LogP contribution is 2.34. The minimum atomic E-state index is 0. The number of guanidine groups is 1. The van der Waals surface area contributed by atoms with Gasteiger partial charge in [-0.05, 0) is 18.8 Å². The molecule has 6 nitrogen and oxygen atoms in total. The average molecular weight is 392 g/mol. The summed E-state index contributed by atoms with van der Waals surface area (Å²) in [5.41, 5.74) is 0. The fraction of sp³-hybridized carbons (Fsp3) is 0.769. The Morgan fingerprint density at radius 3 is 2.90 bits per heavy atom. The van der Waals surface area contributed by atoms with Crippen molar-refractivity contribution in [3.8, 4) is 0 Å². The lowest BCUT2D eigenvalue weighted by Gasteiger charge is -2.21. The van der Waals surface area contributed by atoms with E-state index in [1.54, 1.807) is 11.0 Å². The van der Waals surface area contributed by atoms with Gasteiger partial charge in [0, 0.05) is 27.2 Å². The fourth-order valence-electron chi connectivity index (χ4n) is 2.38. The number of rotatable bonds is 5. The monoisotopic (exact) mass is 392 g/mol. The fourth-order valence-corrected chi connectivity index (χ4v) is 2.38. The van der Waals surface area contributed by atoms with Crippen LogP contribution < -0.4 is 5.32 Å². The second-order valence-electron chi connectivity index (χ2n) is 5.24. The van der Waals surface area contributed by atoms with E-state index in [9.17, 15) is 0 Å². The molecule has 0 aromatic carbocycles. The summed E-state index contributed by atoms with van der Waals surface area (Å²) < 4.78 is 1.79. The van der Waals surface area contributed by atoms with Gasteiger partial charge in [0.15, 0.2) is 5.96 Å². The number of aliphatic imine (C=N–C) groups is 1. The Labute approximate surface area is 138 Å². The molecule has 7 heteroatoms. The first-order valence-electron chi connectivity index (χ1n) is 6.93. The summed E-state index contributed by atoms with van der Waals surface area (Å²) in [5, 5.41) is 7.61. The van der Waals surface area contributed by atoms with E-state index in [4.69, 9.17) is 0 Å². The van der Waals surface area contributed by atoms with Gasteiger partial charge in [-0.2, -0.15) is 5.10 Å². The lowest BCUT2D eigenvalue weighted by atomic mass is 10.2. The van der Waals surface area contributed by atoms with Crippen molar-refractivity contribution in [3.05, 3.63) is 12.2 Å². The molecular formula is C13H25IN6. The zero-order valence-corrected chi connectivity index (χ0v) is 15.0. The van der Waals surface area contributed by atoms with E-state index in [2.05, 4.69) is 32.2 Å². The van der Waals surface area contributed by atoms with Crippen molar-refractivity contribution in [2.75, 3.05) is 14.1 Å². The number of nitrogens with one attached hydrogen (secondary N) is 1. The third kappa shape index (κ3) is 4.32. The van der Waals surface area contributed by atoms with Crippen LogP contribution >= 0.6 is 24.0 Å². The summed E-state index contributed by atoms with van der Waals surface area (Å²) in [7, 11) is 5.76. The topological polar surface area (TPSA) is 58.3 Å². The van der Waals surface area contributed by atoms with Crippen molar-refractivity contribution in [2.45, 2.75) is 38.8 Å². The van der Waals surface area contributed by atoms with Gasteiger partial charge in [-0.3, -0.25) is 9.67 Å². The summed E-state index contributed by atoms with van der Waals surface area (Å²) in [6.45, 7) is 2.95. The molecule has 20 heavy (non-hydrogen) atoms. The Kier molecular flexibility index (Phi) is 6.70. The molecule has 0 spiro atoms. The van der Waals surface area contributed by atoms with Crippen molar-refractivity contribution >= 4 is 29.9 Å². The molecule has 1 aromatic rings. The average Bonchev–Trinajstić information content (AvgIpc) is 3.00. The number of nitrogens with zero attached hydrogens (tertiary/aromatic N) is 5. The van der Waals surface area contributed by atoms with Crippen LogP contribution in [0.3, 0.4) is 0 Å². The summed E-state index contributed by atoms with van der Waals surface area (Å²) in [6.07, 6.45) is 5.42. The van der Waals surface area contributed by atoms with E-state index >= 15 is 0 Å². The summed E-state index contributed by atoms with van der Waals surface area (Å²) >= 11 is 0. The molecule has 2 unspecified atom stereocenters. The minimum Gasteiger partial charge on any atom is -0.353 e. The van der Waals surface area contributed by atoms with E-state index in [-0.39, 0.29) is 24.0 Å². The van der Waals surface area contributed by atoms with Crippen LogP contribution in [0.2, 0.25) is 0 Å². The summed E-state index contributed by atoms with van der Waals surface area (Å²) in [4.78, 5) is 10.7. The van der Waals surface area contributed by atoms with Crippen LogP contribution in [0, 0.1) is 5.92 Å². The zero-order chi connectivity index (χ0) is 13.8. The van der Waals surface area contributed by atoms with E-state index in [0.717, 1.165) is 17.7 Å². The molecule has 114 valence electrons. The van der Waals surface area contributed by atoms with Gasteiger partial charge >= 0.3 is 0 Å². The Hall–Kier alpha value is -0.860. The molecule has 1 saturated carbocycles. The molecule has 1 N–H and O–H groups in total. The van der Waals surface area contributed by atoms with Gasteiger partial charge in [-0.25, -0.2) is 4.98 Å². The first kappa shape index (κ1) is 17.2. The van der Waals surface area contributed by atoms with Crippen molar-refractivity contribution < 1.29 is 0 Å². The van der Waals surface area contributed by atoms with Gasteiger partial charge in [0.2, 0.25) is 0 Å². The molecule has 0 saturated heterocycles. The van der Waals surface area contributed by atoms with Crippen molar-refractivity contribution in [3.63, 3.8) is 0 Å². The predicted octanol–water partition coefficient (Wildman–Crippen LogP) is 1.63. The van der Waals surface area contributed by atoms with Crippen LogP contribution in [0.5, 0.6) is 0 Å².